The van der Waals surface area contributed by atoms with Crippen LogP contribution in [0.1, 0.15) is 30.5 Å². The molecule has 0 aliphatic carbocycles. The average Bonchev–Trinajstić information content (AvgIpc) is 2.33. The van der Waals surface area contributed by atoms with Gasteiger partial charge in [-0.25, -0.2) is 0 Å². The third kappa shape index (κ3) is 5.33. The minimum absolute atomic E-state index is 0.708. The monoisotopic (exact) mass is 262 g/mol. The molecule has 0 aromatic heterocycles. The Morgan fingerprint density at radius 2 is 1.89 bits per heavy atom. The summed E-state index contributed by atoms with van der Waals surface area (Å²) in [4.78, 5) is 2.45. The summed E-state index contributed by atoms with van der Waals surface area (Å²) in [6.07, 6.45) is 0. The van der Waals surface area contributed by atoms with E-state index in [0.29, 0.717) is 11.8 Å². The maximum Gasteiger partial charge on any atom is 0.0233 e. The zero-order chi connectivity index (χ0) is 14.4. The third-order valence-electron chi connectivity index (χ3n) is 3.90. The summed E-state index contributed by atoms with van der Waals surface area (Å²) in [6.45, 7) is 12.3. The topological polar surface area (TPSA) is 15.3 Å². The summed E-state index contributed by atoms with van der Waals surface area (Å²) in [5.74, 6) is 1.42. The van der Waals surface area contributed by atoms with Crippen molar-refractivity contribution < 1.29 is 0 Å². The van der Waals surface area contributed by atoms with E-state index in [-0.39, 0.29) is 0 Å². The molecule has 0 spiro atoms. The Bertz CT molecular complexity index is 385. The fourth-order valence-electron chi connectivity index (χ4n) is 2.50. The second-order valence-corrected chi connectivity index (χ2v) is 6.19. The Balaban J connectivity index is 2.63. The largest absolute Gasteiger partial charge is 0.319 e. The molecule has 0 saturated heterocycles. The quantitative estimate of drug-likeness (QED) is 0.811. The van der Waals surface area contributed by atoms with E-state index >= 15 is 0 Å². The van der Waals surface area contributed by atoms with E-state index in [9.17, 15) is 0 Å². The van der Waals surface area contributed by atoms with Crippen LogP contribution in [0, 0.1) is 25.7 Å². The van der Waals surface area contributed by atoms with Crippen LogP contribution in [0.15, 0.2) is 18.2 Å². The molecular weight excluding hydrogens is 232 g/mol. The molecule has 2 nitrogen and oxygen atoms in total. The van der Waals surface area contributed by atoms with Crippen LogP contribution in [0.4, 0.5) is 0 Å². The molecule has 1 unspecified atom stereocenters. The van der Waals surface area contributed by atoms with Crippen LogP contribution >= 0.6 is 0 Å². The van der Waals surface area contributed by atoms with Crippen LogP contribution in [0.25, 0.3) is 0 Å². The molecule has 0 fully saturated rings. The lowest BCUT2D eigenvalue weighted by Crippen LogP contribution is -2.34. The molecule has 1 rings (SSSR count). The zero-order valence-electron chi connectivity index (χ0n) is 13.5. The second-order valence-electron chi connectivity index (χ2n) is 6.19. The first-order valence-corrected chi connectivity index (χ1v) is 7.33. The van der Waals surface area contributed by atoms with Crippen molar-refractivity contribution in [1.82, 2.24) is 10.2 Å². The summed E-state index contributed by atoms with van der Waals surface area (Å²) >= 11 is 0. The van der Waals surface area contributed by atoms with E-state index in [1.54, 1.807) is 0 Å². The molecule has 0 amide bonds. The van der Waals surface area contributed by atoms with Crippen LogP contribution < -0.4 is 5.32 Å². The van der Waals surface area contributed by atoms with Crippen LogP contribution in [-0.4, -0.2) is 32.1 Å². The van der Waals surface area contributed by atoms with E-state index in [1.807, 2.05) is 7.05 Å². The Kier molecular flexibility index (Phi) is 6.53. The van der Waals surface area contributed by atoms with Crippen molar-refractivity contribution in [1.29, 1.82) is 0 Å². The lowest BCUT2D eigenvalue weighted by molar-refractivity contribution is 0.227. The van der Waals surface area contributed by atoms with Crippen LogP contribution in [0.3, 0.4) is 0 Å². The number of rotatable bonds is 7. The van der Waals surface area contributed by atoms with Crippen LogP contribution in [0.2, 0.25) is 0 Å². The predicted octanol–water partition coefficient (Wildman–Crippen LogP) is 3.23. The third-order valence-corrected chi connectivity index (χ3v) is 3.90. The second kappa shape index (κ2) is 7.66. The fourth-order valence-corrected chi connectivity index (χ4v) is 2.50. The van der Waals surface area contributed by atoms with Gasteiger partial charge in [-0.05, 0) is 57.5 Å². The molecule has 0 aliphatic rings. The molecular formula is C17H30N2. The molecule has 1 N–H and O–H groups in total. The number of nitrogens with zero attached hydrogens (tertiary/aromatic N) is 1. The molecule has 0 bridgehead atoms. The molecule has 1 aromatic carbocycles. The lowest BCUT2D eigenvalue weighted by atomic mass is 9.95. The smallest absolute Gasteiger partial charge is 0.0233 e. The van der Waals surface area contributed by atoms with Gasteiger partial charge in [-0.3, -0.25) is 0 Å². The molecule has 1 atom stereocenters. The van der Waals surface area contributed by atoms with E-state index in [1.165, 1.54) is 16.7 Å². The molecule has 108 valence electrons. The number of aryl methyl sites for hydroxylation is 2. The van der Waals surface area contributed by atoms with Crippen LogP contribution in [-0.2, 0) is 6.54 Å². The van der Waals surface area contributed by atoms with Crippen molar-refractivity contribution in [3.05, 3.63) is 34.9 Å². The summed E-state index contributed by atoms with van der Waals surface area (Å²) in [5.41, 5.74) is 4.20. The van der Waals surface area contributed by atoms with Gasteiger partial charge in [-0.2, -0.15) is 0 Å². The van der Waals surface area contributed by atoms with Gasteiger partial charge in [0.15, 0.2) is 0 Å². The normalized spacial score (nSPS) is 13.3. The van der Waals surface area contributed by atoms with Gasteiger partial charge in [0, 0.05) is 13.1 Å². The number of hydrogen-bond acceptors (Lipinski definition) is 2. The van der Waals surface area contributed by atoms with Crippen LogP contribution in [0.5, 0.6) is 0 Å². The van der Waals surface area contributed by atoms with E-state index < -0.39 is 0 Å². The Labute approximate surface area is 119 Å². The van der Waals surface area contributed by atoms with Gasteiger partial charge < -0.3 is 10.2 Å². The van der Waals surface area contributed by atoms with Gasteiger partial charge in [-0.1, -0.05) is 37.6 Å². The van der Waals surface area contributed by atoms with Crippen molar-refractivity contribution in [3.63, 3.8) is 0 Å². The molecule has 0 heterocycles. The maximum absolute atomic E-state index is 3.31. The lowest BCUT2D eigenvalue weighted by Gasteiger charge is -2.27. The van der Waals surface area contributed by atoms with E-state index in [4.69, 9.17) is 0 Å². The first kappa shape index (κ1) is 16.2. The molecule has 0 aliphatic heterocycles. The maximum atomic E-state index is 3.31. The van der Waals surface area contributed by atoms with Gasteiger partial charge in [0.1, 0.15) is 0 Å². The highest BCUT2D eigenvalue weighted by molar-refractivity contribution is 5.30. The minimum atomic E-state index is 0.708. The first-order chi connectivity index (χ1) is 8.93. The Morgan fingerprint density at radius 3 is 2.47 bits per heavy atom. The van der Waals surface area contributed by atoms with Gasteiger partial charge in [0.25, 0.3) is 0 Å². The SMILES string of the molecule is CNCC(CN(C)Cc1cc(C)ccc1C)C(C)C. The molecule has 0 saturated carbocycles. The molecule has 19 heavy (non-hydrogen) atoms. The van der Waals surface area contributed by atoms with Gasteiger partial charge in [0.2, 0.25) is 0 Å². The highest BCUT2D eigenvalue weighted by Crippen LogP contribution is 2.16. The predicted molar refractivity (Wildman–Crippen MR) is 84.5 cm³/mol. The molecule has 2 heteroatoms. The van der Waals surface area contributed by atoms with Crippen molar-refractivity contribution in [2.75, 3.05) is 27.2 Å². The highest BCUT2D eigenvalue weighted by Gasteiger charge is 2.15. The Morgan fingerprint density at radius 1 is 1.21 bits per heavy atom. The summed E-state index contributed by atoms with van der Waals surface area (Å²) < 4.78 is 0. The standard InChI is InChI=1S/C17H30N2/c1-13(2)17(10-18-5)12-19(6)11-16-9-14(3)7-8-15(16)4/h7-9,13,17-18H,10-12H2,1-6H3. The number of benzene rings is 1. The van der Waals surface area contributed by atoms with Crippen molar-refractivity contribution in [2.24, 2.45) is 11.8 Å². The number of hydrogen-bond donors (Lipinski definition) is 1. The summed E-state index contributed by atoms with van der Waals surface area (Å²) in [7, 11) is 4.27. The average molecular weight is 262 g/mol. The zero-order valence-corrected chi connectivity index (χ0v) is 13.5. The highest BCUT2D eigenvalue weighted by atomic mass is 15.1. The Hall–Kier alpha value is -0.860. The van der Waals surface area contributed by atoms with Gasteiger partial charge in [0.05, 0.1) is 0 Å². The summed E-state index contributed by atoms with van der Waals surface area (Å²) in [5, 5.41) is 3.31. The molecule has 1 aromatic rings. The van der Waals surface area contributed by atoms with Gasteiger partial charge >= 0.3 is 0 Å². The summed E-state index contributed by atoms with van der Waals surface area (Å²) in [6, 6.07) is 6.73. The van der Waals surface area contributed by atoms with E-state index in [2.05, 4.69) is 63.2 Å². The minimum Gasteiger partial charge on any atom is -0.319 e. The van der Waals surface area contributed by atoms with Gasteiger partial charge in [-0.15, -0.1) is 0 Å². The van der Waals surface area contributed by atoms with Crippen molar-refractivity contribution in [2.45, 2.75) is 34.2 Å². The van der Waals surface area contributed by atoms with Crippen molar-refractivity contribution in [3.8, 4) is 0 Å². The molecule has 0 radical (unpaired) electrons. The van der Waals surface area contributed by atoms with Crippen molar-refractivity contribution >= 4 is 0 Å². The van der Waals surface area contributed by atoms with E-state index in [0.717, 1.165) is 19.6 Å². The number of nitrogens with one attached hydrogen (secondary N) is 1. The fraction of sp³-hybridized carbons (Fsp3) is 0.647. The first-order valence-electron chi connectivity index (χ1n) is 7.33.